The summed E-state index contributed by atoms with van der Waals surface area (Å²) < 4.78 is 1.91. The summed E-state index contributed by atoms with van der Waals surface area (Å²) in [6, 6.07) is 12.4. The van der Waals surface area contributed by atoms with E-state index in [1.54, 1.807) is 11.3 Å². The minimum Gasteiger partial charge on any atom is -0.322 e. The minimum absolute atomic E-state index is 0.0501. The third-order valence-electron chi connectivity index (χ3n) is 6.12. The van der Waals surface area contributed by atoms with Crippen molar-refractivity contribution in [3.8, 4) is 0 Å². The quantitative estimate of drug-likeness (QED) is 0.372. The van der Waals surface area contributed by atoms with Gasteiger partial charge in [-0.25, -0.2) is 4.68 Å². The molecule has 3 aromatic heterocycles. The average molecular weight is 479 g/mol. The van der Waals surface area contributed by atoms with Crippen molar-refractivity contribution >= 4 is 22.2 Å². The second-order valence-corrected chi connectivity index (χ2v) is 11.2. The first-order chi connectivity index (χ1) is 16.2. The van der Waals surface area contributed by atoms with Crippen LogP contribution in [0.3, 0.4) is 0 Å². The van der Waals surface area contributed by atoms with E-state index in [4.69, 9.17) is 0 Å². The molecule has 0 bridgehead atoms. The fourth-order valence-electron chi connectivity index (χ4n) is 4.45. The molecule has 4 rings (SSSR count). The van der Waals surface area contributed by atoms with Crippen molar-refractivity contribution in [3.63, 3.8) is 0 Å². The van der Waals surface area contributed by atoms with Crippen LogP contribution in [-0.4, -0.2) is 30.1 Å². The summed E-state index contributed by atoms with van der Waals surface area (Å²) in [5.74, 6) is 1.06. The van der Waals surface area contributed by atoms with E-state index in [-0.39, 0.29) is 23.1 Å². The van der Waals surface area contributed by atoms with E-state index in [2.05, 4.69) is 96.6 Å². The van der Waals surface area contributed by atoms with Crippen LogP contribution >= 0.6 is 11.3 Å². The highest BCUT2D eigenvalue weighted by Gasteiger charge is 2.33. The van der Waals surface area contributed by atoms with Gasteiger partial charge >= 0.3 is 0 Å². The van der Waals surface area contributed by atoms with Crippen LogP contribution in [0.1, 0.15) is 69.4 Å². The van der Waals surface area contributed by atoms with Gasteiger partial charge in [0.25, 0.3) is 5.56 Å². The van der Waals surface area contributed by atoms with Crippen LogP contribution in [-0.2, 0) is 25.0 Å². The SMILES string of the molecule is CCc1ccc2[nH]c(=O)c(CN(Cc3cccs3)[C@@H](c3nnnn3C(C)(C)C)C(C)C)cc2c1. The summed E-state index contributed by atoms with van der Waals surface area (Å²) in [7, 11) is 0. The van der Waals surface area contributed by atoms with Gasteiger partial charge < -0.3 is 4.98 Å². The lowest BCUT2D eigenvalue weighted by molar-refractivity contribution is 0.121. The molecule has 0 spiro atoms. The first-order valence-electron chi connectivity index (χ1n) is 11.9. The number of aryl methyl sites for hydroxylation is 1. The van der Waals surface area contributed by atoms with Crippen LogP contribution in [0.5, 0.6) is 0 Å². The molecule has 34 heavy (non-hydrogen) atoms. The lowest BCUT2D eigenvalue weighted by Crippen LogP contribution is -2.37. The molecule has 1 aromatic carbocycles. The maximum Gasteiger partial charge on any atom is 0.252 e. The van der Waals surface area contributed by atoms with Gasteiger partial charge in [0.05, 0.1) is 11.6 Å². The summed E-state index contributed by atoms with van der Waals surface area (Å²) in [5.41, 5.74) is 2.57. The molecular weight excluding hydrogens is 444 g/mol. The molecule has 0 fully saturated rings. The number of nitrogens with one attached hydrogen (secondary N) is 1. The Kier molecular flexibility index (Phi) is 7.00. The van der Waals surface area contributed by atoms with Crippen LogP contribution in [0.2, 0.25) is 0 Å². The molecule has 8 heteroatoms. The third kappa shape index (κ3) is 5.13. The number of rotatable bonds is 8. The zero-order valence-electron chi connectivity index (χ0n) is 20.9. The van der Waals surface area contributed by atoms with E-state index in [9.17, 15) is 4.79 Å². The first-order valence-corrected chi connectivity index (χ1v) is 12.8. The van der Waals surface area contributed by atoms with Crippen molar-refractivity contribution < 1.29 is 0 Å². The van der Waals surface area contributed by atoms with Gasteiger partial charge in [-0.1, -0.05) is 32.9 Å². The van der Waals surface area contributed by atoms with Crippen LogP contribution in [0.25, 0.3) is 10.9 Å². The zero-order chi connectivity index (χ0) is 24.5. The number of hydrogen-bond acceptors (Lipinski definition) is 6. The Hall–Kier alpha value is -2.84. The molecule has 0 amide bonds. The predicted molar refractivity (Wildman–Crippen MR) is 138 cm³/mol. The number of benzene rings is 1. The van der Waals surface area contributed by atoms with Gasteiger partial charge in [-0.05, 0) is 84.1 Å². The fourth-order valence-corrected chi connectivity index (χ4v) is 5.18. The smallest absolute Gasteiger partial charge is 0.252 e. The molecule has 0 aliphatic rings. The van der Waals surface area contributed by atoms with Crippen molar-refractivity contribution in [2.45, 2.75) is 72.6 Å². The van der Waals surface area contributed by atoms with E-state index in [0.717, 1.165) is 28.7 Å². The summed E-state index contributed by atoms with van der Waals surface area (Å²) in [4.78, 5) is 19.8. The van der Waals surface area contributed by atoms with E-state index in [1.807, 2.05) is 16.8 Å². The van der Waals surface area contributed by atoms with Gasteiger partial charge in [-0.2, -0.15) is 0 Å². The van der Waals surface area contributed by atoms with Crippen LogP contribution in [0.15, 0.2) is 46.6 Å². The minimum atomic E-state index is -0.252. The molecular formula is C26H34N6OS. The van der Waals surface area contributed by atoms with Crippen LogP contribution in [0, 0.1) is 5.92 Å². The summed E-state index contributed by atoms with van der Waals surface area (Å²) in [5, 5.41) is 16.0. The van der Waals surface area contributed by atoms with Crippen LogP contribution < -0.4 is 5.56 Å². The Balaban J connectivity index is 1.79. The average Bonchev–Trinajstić information content (AvgIpc) is 3.46. The van der Waals surface area contributed by atoms with Crippen molar-refractivity contribution in [3.05, 3.63) is 74.0 Å². The van der Waals surface area contributed by atoms with Gasteiger partial charge in [-0.3, -0.25) is 9.69 Å². The maximum atomic E-state index is 13.1. The lowest BCUT2D eigenvalue weighted by atomic mass is 9.98. The van der Waals surface area contributed by atoms with Crippen molar-refractivity contribution in [1.29, 1.82) is 0 Å². The third-order valence-corrected chi connectivity index (χ3v) is 6.99. The lowest BCUT2D eigenvalue weighted by Gasteiger charge is -2.34. The molecule has 1 atom stereocenters. The highest BCUT2D eigenvalue weighted by atomic mass is 32.1. The number of H-pyrrole nitrogens is 1. The molecule has 7 nitrogen and oxygen atoms in total. The van der Waals surface area contributed by atoms with Crippen molar-refractivity contribution in [2.24, 2.45) is 5.92 Å². The zero-order valence-corrected chi connectivity index (χ0v) is 21.7. The fraction of sp³-hybridized carbons (Fsp3) is 0.462. The second kappa shape index (κ2) is 9.80. The van der Waals surface area contributed by atoms with Crippen LogP contribution in [0.4, 0.5) is 0 Å². The second-order valence-electron chi connectivity index (χ2n) is 10.2. The van der Waals surface area contributed by atoms with Crippen molar-refractivity contribution in [2.75, 3.05) is 0 Å². The molecule has 4 aromatic rings. The summed E-state index contributed by atoms with van der Waals surface area (Å²) >= 11 is 1.72. The Labute approximate surface area is 204 Å². The molecule has 1 N–H and O–H groups in total. The van der Waals surface area contributed by atoms with Gasteiger partial charge in [0, 0.05) is 29.0 Å². The molecule has 0 radical (unpaired) electrons. The number of thiophene rings is 1. The normalized spacial score (nSPS) is 13.3. The predicted octanol–water partition coefficient (Wildman–Crippen LogP) is 5.29. The standard InChI is InChI=1S/C26H34N6OS/c1-7-18-10-11-22-19(13-18)14-20(25(33)27-22)15-31(16-21-9-8-12-34-21)23(17(2)3)24-28-29-30-32(24)26(4,5)6/h8-14,17,23H,7,15-16H2,1-6H3,(H,27,33)/t23-/m1/s1. The summed E-state index contributed by atoms with van der Waals surface area (Å²) in [6.07, 6.45) is 0.958. The monoisotopic (exact) mass is 478 g/mol. The van der Waals surface area contributed by atoms with E-state index in [1.165, 1.54) is 10.4 Å². The Bertz CT molecular complexity index is 1300. The topological polar surface area (TPSA) is 79.7 Å². The highest BCUT2D eigenvalue weighted by molar-refractivity contribution is 7.09. The number of nitrogens with zero attached hydrogens (tertiary/aromatic N) is 5. The highest BCUT2D eigenvalue weighted by Crippen LogP contribution is 2.32. The van der Waals surface area contributed by atoms with E-state index >= 15 is 0 Å². The number of hydrogen-bond donors (Lipinski definition) is 1. The number of tetrazole rings is 1. The number of pyridine rings is 1. The molecule has 0 unspecified atom stereocenters. The molecule has 0 aliphatic heterocycles. The largest absolute Gasteiger partial charge is 0.322 e. The van der Waals surface area contributed by atoms with Gasteiger partial charge in [-0.15, -0.1) is 16.4 Å². The van der Waals surface area contributed by atoms with Crippen molar-refractivity contribution in [1.82, 2.24) is 30.1 Å². The molecule has 0 aliphatic carbocycles. The maximum absolute atomic E-state index is 13.1. The van der Waals surface area contributed by atoms with E-state index < -0.39 is 0 Å². The number of aromatic amines is 1. The first kappa shape index (κ1) is 24.3. The van der Waals surface area contributed by atoms with Gasteiger partial charge in [0.2, 0.25) is 0 Å². The molecule has 0 saturated carbocycles. The molecule has 0 saturated heterocycles. The summed E-state index contributed by atoms with van der Waals surface area (Å²) in [6.45, 7) is 14.0. The Morgan fingerprint density at radius 2 is 1.94 bits per heavy atom. The van der Waals surface area contributed by atoms with Gasteiger partial charge in [0.1, 0.15) is 0 Å². The van der Waals surface area contributed by atoms with Gasteiger partial charge in [0.15, 0.2) is 5.82 Å². The van der Waals surface area contributed by atoms with E-state index in [0.29, 0.717) is 13.1 Å². The molecule has 3 heterocycles. The number of fused-ring (bicyclic) bond motifs is 1. The number of aromatic nitrogens is 5. The Morgan fingerprint density at radius 1 is 1.15 bits per heavy atom. The Morgan fingerprint density at radius 3 is 2.59 bits per heavy atom. The molecule has 180 valence electrons.